The molecule has 6 nitrogen and oxygen atoms in total. The SMILES string of the molecule is Cc1cc(C2CC(C(=O)NCC3(CO)CCOCC3)NN2)ccc1F. The van der Waals surface area contributed by atoms with Gasteiger partial charge in [-0.05, 0) is 43.4 Å². The summed E-state index contributed by atoms with van der Waals surface area (Å²) in [5.41, 5.74) is 7.39. The zero-order chi connectivity index (χ0) is 17.9. The van der Waals surface area contributed by atoms with Gasteiger partial charge >= 0.3 is 0 Å². The van der Waals surface area contributed by atoms with Crippen molar-refractivity contribution in [2.45, 2.75) is 38.3 Å². The Morgan fingerprint density at radius 2 is 2.16 bits per heavy atom. The molecule has 0 bridgehead atoms. The molecule has 2 heterocycles. The Kier molecular flexibility index (Phi) is 5.68. The Bertz CT molecular complexity index is 620. The summed E-state index contributed by atoms with van der Waals surface area (Å²) in [5.74, 6) is -0.317. The molecule has 7 heteroatoms. The molecule has 0 spiro atoms. The van der Waals surface area contributed by atoms with Crippen molar-refractivity contribution in [1.29, 1.82) is 0 Å². The highest BCUT2D eigenvalue weighted by atomic mass is 19.1. The standard InChI is InChI=1S/C18H26FN3O3/c1-12-8-13(2-3-14(12)19)15-9-16(22-21-15)17(24)20-10-18(11-23)4-6-25-7-5-18/h2-3,8,15-16,21-23H,4-7,9-11H2,1H3,(H,20,24). The van der Waals surface area contributed by atoms with E-state index in [9.17, 15) is 14.3 Å². The van der Waals surface area contributed by atoms with Crippen LogP contribution < -0.4 is 16.2 Å². The summed E-state index contributed by atoms with van der Waals surface area (Å²) < 4.78 is 18.7. The van der Waals surface area contributed by atoms with Crippen molar-refractivity contribution in [3.63, 3.8) is 0 Å². The van der Waals surface area contributed by atoms with E-state index in [2.05, 4.69) is 16.2 Å². The predicted molar refractivity (Wildman–Crippen MR) is 91.1 cm³/mol. The molecule has 4 N–H and O–H groups in total. The van der Waals surface area contributed by atoms with Gasteiger partial charge in [-0.2, -0.15) is 0 Å². The second-order valence-corrected chi connectivity index (χ2v) is 7.13. The van der Waals surface area contributed by atoms with Gasteiger partial charge in [0.25, 0.3) is 0 Å². The van der Waals surface area contributed by atoms with Gasteiger partial charge in [0.15, 0.2) is 0 Å². The molecule has 0 radical (unpaired) electrons. The van der Waals surface area contributed by atoms with E-state index < -0.39 is 0 Å². The van der Waals surface area contributed by atoms with Gasteiger partial charge in [-0.25, -0.2) is 15.2 Å². The van der Waals surface area contributed by atoms with Crippen LogP contribution in [0.3, 0.4) is 0 Å². The van der Waals surface area contributed by atoms with Gasteiger partial charge in [0.05, 0.1) is 6.61 Å². The summed E-state index contributed by atoms with van der Waals surface area (Å²) in [6, 6.07) is 4.61. The molecule has 2 atom stereocenters. The fraction of sp³-hybridized carbons (Fsp3) is 0.611. The van der Waals surface area contributed by atoms with E-state index in [1.807, 2.05) is 0 Å². The molecule has 2 aliphatic heterocycles. The van der Waals surface area contributed by atoms with Crippen LogP contribution in [0.1, 0.15) is 36.4 Å². The lowest BCUT2D eigenvalue weighted by Crippen LogP contribution is -2.49. The predicted octanol–water partition coefficient (Wildman–Crippen LogP) is 0.947. The Hall–Kier alpha value is -1.54. The summed E-state index contributed by atoms with van der Waals surface area (Å²) in [7, 11) is 0. The van der Waals surface area contributed by atoms with Crippen LogP contribution in [-0.4, -0.2) is 43.4 Å². The number of aliphatic hydroxyl groups excluding tert-OH is 1. The molecule has 25 heavy (non-hydrogen) atoms. The average molecular weight is 351 g/mol. The van der Waals surface area contributed by atoms with Crippen LogP contribution in [0.4, 0.5) is 4.39 Å². The van der Waals surface area contributed by atoms with Crippen molar-refractivity contribution in [3.8, 4) is 0 Å². The van der Waals surface area contributed by atoms with E-state index in [4.69, 9.17) is 4.74 Å². The first kappa shape index (κ1) is 18.3. The molecule has 2 saturated heterocycles. The molecule has 0 saturated carbocycles. The summed E-state index contributed by atoms with van der Waals surface area (Å²) in [4.78, 5) is 12.5. The van der Waals surface area contributed by atoms with Crippen LogP contribution in [0, 0.1) is 18.2 Å². The number of hydrogen-bond donors (Lipinski definition) is 4. The lowest BCUT2D eigenvalue weighted by atomic mass is 9.81. The number of aliphatic hydroxyl groups is 1. The van der Waals surface area contributed by atoms with E-state index in [1.165, 1.54) is 6.07 Å². The average Bonchev–Trinajstić information content (AvgIpc) is 3.13. The van der Waals surface area contributed by atoms with Crippen molar-refractivity contribution in [2.24, 2.45) is 5.41 Å². The van der Waals surface area contributed by atoms with Crippen molar-refractivity contribution >= 4 is 5.91 Å². The topological polar surface area (TPSA) is 82.6 Å². The van der Waals surface area contributed by atoms with E-state index in [1.54, 1.807) is 19.1 Å². The summed E-state index contributed by atoms with van der Waals surface area (Å²) in [6.45, 7) is 3.46. The first-order valence-electron chi connectivity index (χ1n) is 8.76. The number of aryl methyl sites for hydroxylation is 1. The quantitative estimate of drug-likeness (QED) is 0.635. The zero-order valence-corrected chi connectivity index (χ0v) is 14.5. The van der Waals surface area contributed by atoms with Gasteiger partial charge in [-0.3, -0.25) is 4.79 Å². The molecular weight excluding hydrogens is 325 g/mol. The van der Waals surface area contributed by atoms with Crippen molar-refractivity contribution in [1.82, 2.24) is 16.2 Å². The lowest BCUT2D eigenvalue weighted by Gasteiger charge is -2.35. The summed E-state index contributed by atoms with van der Waals surface area (Å²) in [5, 5.41) is 12.7. The van der Waals surface area contributed by atoms with Crippen molar-refractivity contribution in [3.05, 3.63) is 35.1 Å². The van der Waals surface area contributed by atoms with Gasteiger partial charge in [-0.1, -0.05) is 12.1 Å². The molecule has 1 amide bonds. The third-order valence-electron chi connectivity index (χ3n) is 5.33. The Morgan fingerprint density at radius 1 is 1.40 bits per heavy atom. The summed E-state index contributed by atoms with van der Waals surface area (Å²) in [6.07, 6.45) is 2.08. The van der Waals surface area contributed by atoms with Crippen LogP contribution in [0.15, 0.2) is 18.2 Å². The Balaban J connectivity index is 1.54. The van der Waals surface area contributed by atoms with Gasteiger partial charge in [0.2, 0.25) is 5.91 Å². The Labute approximate surface area is 147 Å². The highest BCUT2D eigenvalue weighted by molar-refractivity contribution is 5.82. The first-order valence-corrected chi connectivity index (χ1v) is 8.76. The highest BCUT2D eigenvalue weighted by Gasteiger charge is 2.35. The number of amides is 1. The maximum atomic E-state index is 13.4. The number of nitrogens with one attached hydrogen (secondary N) is 3. The minimum absolute atomic E-state index is 0.0371. The molecule has 3 rings (SSSR count). The fourth-order valence-electron chi connectivity index (χ4n) is 3.42. The number of halogens is 1. The third kappa shape index (κ3) is 4.17. The molecule has 0 aliphatic carbocycles. The highest BCUT2D eigenvalue weighted by Crippen LogP contribution is 2.29. The van der Waals surface area contributed by atoms with Crippen LogP contribution in [0.5, 0.6) is 0 Å². The minimum Gasteiger partial charge on any atom is -0.396 e. The van der Waals surface area contributed by atoms with Crippen molar-refractivity contribution < 1.29 is 19.0 Å². The van der Waals surface area contributed by atoms with Crippen molar-refractivity contribution in [2.75, 3.05) is 26.4 Å². The molecule has 0 aromatic heterocycles. The third-order valence-corrected chi connectivity index (χ3v) is 5.33. The van der Waals surface area contributed by atoms with E-state index in [0.717, 1.165) is 18.4 Å². The number of carbonyl (C=O) groups excluding carboxylic acids is 1. The summed E-state index contributed by atoms with van der Waals surface area (Å²) >= 11 is 0. The monoisotopic (exact) mass is 351 g/mol. The van der Waals surface area contributed by atoms with E-state index in [0.29, 0.717) is 31.7 Å². The molecule has 1 aromatic carbocycles. The largest absolute Gasteiger partial charge is 0.396 e. The molecule has 2 unspecified atom stereocenters. The zero-order valence-electron chi connectivity index (χ0n) is 14.5. The maximum Gasteiger partial charge on any atom is 0.238 e. The molecular formula is C18H26FN3O3. The number of ether oxygens (including phenoxy) is 1. The van der Waals surface area contributed by atoms with Gasteiger partial charge < -0.3 is 15.2 Å². The molecule has 1 aromatic rings. The smallest absolute Gasteiger partial charge is 0.238 e. The van der Waals surface area contributed by atoms with Crippen LogP contribution in [0.2, 0.25) is 0 Å². The van der Waals surface area contributed by atoms with Crippen LogP contribution in [0.25, 0.3) is 0 Å². The lowest BCUT2D eigenvalue weighted by molar-refractivity contribution is -0.124. The molecule has 2 fully saturated rings. The fourth-order valence-corrected chi connectivity index (χ4v) is 3.42. The van der Waals surface area contributed by atoms with Gasteiger partial charge in [0.1, 0.15) is 11.9 Å². The second-order valence-electron chi connectivity index (χ2n) is 7.13. The van der Waals surface area contributed by atoms with Crippen LogP contribution in [-0.2, 0) is 9.53 Å². The van der Waals surface area contributed by atoms with Crippen LogP contribution >= 0.6 is 0 Å². The van der Waals surface area contributed by atoms with Gasteiger partial charge in [-0.15, -0.1) is 0 Å². The normalized spacial score (nSPS) is 25.7. The molecule has 2 aliphatic rings. The second kappa shape index (κ2) is 7.78. The Morgan fingerprint density at radius 3 is 2.84 bits per heavy atom. The number of rotatable bonds is 5. The van der Waals surface area contributed by atoms with E-state index in [-0.39, 0.29) is 35.8 Å². The van der Waals surface area contributed by atoms with E-state index >= 15 is 0 Å². The number of hydrazine groups is 1. The minimum atomic E-state index is -0.356. The van der Waals surface area contributed by atoms with Gasteiger partial charge in [0, 0.05) is 31.2 Å². The number of benzene rings is 1. The maximum absolute atomic E-state index is 13.4. The first-order chi connectivity index (χ1) is 12.0. The molecule has 138 valence electrons. The number of hydrogen-bond acceptors (Lipinski definition) is 5. The number of carbonyl (C=O) groups is 1.